The van der Waals surface area contributed by atoms with Gasteiger partial charge in [-0.25, -0.2) is 0 Å². The zero-order valence-corrected chi connectivity index (χ0v) is 20.9. The van der Waals surface area contributed by atoms with Crippen LogP contribution in [0.2, 0.25) is 0 Å². The van der Waals surface area contributed by atoms with Crippen LogP contribution in [0.3, 0.4) is 0 Å². The van der Waals surface area contributed by atoms with E-state index in [-0.39, 0.29) is 35.8 Å². The first-order valence-corrected chi connectivity index (χ1v) is 10.8. The molecule has 0 aliphatic carbocycles. The molecule has 1 amide bonds. The van der Waals surface area contributed by atoms with Gasteiger partial charge in [0.15, 0.2) is 5.96 Å². The van der Waals surface area contributed by atoms with Gasteiger partial charge in [0.05, 0.1) is 0 Å². The van der Waals surface area contributed by atoms with E-state index in [0.717, 1.165) is 28.1 Å². The van der Waals surface area contributed by atoms with Crippen molar-refractivity contribution in [1.82, 2.24) is 10.6 Å². The van der Waals surface area contributed by atoms with Gasteiger partial charge in [-0.2, -0.15) is 0 Å². The highest BCUT2D eigenvalue weighted by molar-refractivity contribution is 14.0. The Balaban J connectivity index is 0.00000306. The summed E-state index contributed by atoms with van der Waals surface area (Å²) in [6, 6.07) is 26.1. The molecule has 1 heterocycles. The molecule has 1 unspecified atom stereocenters. The van der Waals surface area contributed by atoms with Crippen molar-refractivity contribution < 1.29 is 9.53 Å². The maximum atomic E-state index is 12.0. The van der Waals surface area contributed by atoms with Crippen molar-refractivity contribution in [2.75, 3.05) is 18.9 Å². The van der Waals surface area contributed by atoms with Crippen LogP contribution in [-0.4, -0.2) is 25.5 Å². The number of amides is 1. The summed E-state index contributed by atoms with van der Waals surface area (Å²) in [6.07, 6.45) is 0.466. The number of benzene rings is 3. The number of ether oxygens (including phenoxy) is 1. The lowest BCUT2D eigenvalue weighted by atomic mass is 9.90. The van der Waals surface area contributed by atoms with Crippen LogP contribution in [0.1, 0.15) is 29.0 Å². The van der Waals surface area contributed by atoms with Gasteiger partial charge in [-0.3, -0.25) is 9.79 Å². The Morgan fingerprint density at radius 1 is 0.970 bits per heavy atom. The molecule has 0 aromatic heterocycles. The van der Waals surface area contributed by atoms with E-state index in [2.05, 4.69) is 51.3 Å². The molecule has 0 fully saturated rings. The second-order valence-electron chi connectivity index (χ2n) is 7.76. The van der Waals surface area contributed by atoms with E-state index in [9.17, 15) is 4.79 Å². The normalized spacial score (nSPS) is 15.0. The van der Waals surface area contributed by atoms with Gasteiger partial charge in [0.25, 0.3) is 0 Å². The van der Waals surface area contributed by atoms with E-state index in [4.69, 9.17) is 4.74 Å². The number of nitrogens with one attached hydrogen (secondary N) is 3. The molecule has 7 heteroatoms. The number of hydrogen-bond donors (Lipinski definition) is 3. The van der Waals surface area contributed by atoms with Crippen LogP contribution in [0, 0.1) is 0 Å². The summed E-state index contributed by atoms with van der Waals surface area (Å²) in [4.78, 5) is 16.3. The fraction of sp³-hybridized carbons (Fsp3) is 0.231. The van der Waals surface area contributed by atoms with Crippen molar-refractivity contribution in [3.05, 3.63) is 95.6 Å². The Morgan fingerprint density at radius 2 is 1.67 bits per heavy atom. The lowest BCUT2D eigenvalue weighted by Gasteiger charge is -2.26. The van der Waals surface area contributed by atoms with E-state index in [1.807, 2.05) is 48.5 Å². The summed E-state index contributed by atoms with van der Waals surface area (Å²) in [5.74, 6) is 1.74. The highest BCUT2D eigenvalue weighted by Crippen LogP contribution is 2.31. The summed E-state index contributed by atoms with van der Waals surface area (Å²) in [5, 5.41) is 9.64. The van der Waals surface area contributed by atoms with Gasteiger partial charge < -0.3 is 20.7 Å². The summed E-state index contributed by atoms with van der Waals surface area (Å²) >= 11 is 0. The highest BCUT2D eigenvalue weighted by Gasteiger charge is 2.24. The SMILES string of the molecule is CN=C(NCc1ccc(COc2ccccc2)cc1)NCC1CC(=O)Nc2ccccc21.I. The molecule has 4 rings (SSSR count). The van der Waals surface area contributed by atoms with E-state index >= 15 is 0 Å². The maximum Gasteiger partial charge on any atom is 0.225 e. The van der Waals surface area contributed by atoms with Crippen LogP contribution in [0.5, 0.6) is 5.75 Å². The van der Waals surface area contributed by atoms with Crippen LogP contribution >= 0.6 is 24.0 Å². The van der Waals surface area contributed by atoms with Crippen LogP contribution < -0.4 is 20.7 Å². The molecule has 1 aliphatic heterocycles. The molecule has 33 heavy (non-hydrogen) atoms. The Bertz CT molecular complexity index is 1070. The number of nitrogens with zero attached hydrogens (tertiary/aromatic N) is 1. The number of rotatable bonds is 7. The molecule has 0 spiro atoms. The van der Waals surface area contributed by atoms with E-state index < -0.39 is 0 Å². The van der Waals surface area contributed by atoms with Gasteiger partial charge in [-0.1, -0.05) is 60.7 Å². The molecule has 0 saturated heterocycles. The Hall–Kier alpha value is -3.07. The molecule has 0 bridgehead atoms. The number of guanidine groups is 1. The van der Waals surface area contributed by atoms with Gasteiger partial charge in [0, 0.05) is 38.2 Å². The predicted octanol–water partition coefficient (Wildman–Crippen LogP) is 4.67. The number of aliphatic imine (C=N–C) groups is 1. The quantitative estimate of drug-likeness (QED) is 0.225. The zero-order valence-electron chi connectivity index (χ0n) is 18.6. The van der Waals surface area contributed by atoms with Crippen LogP contribution in [-0.2, 0) is 17.9 Å². The first-order chi connectivity index (χ1) is 15.7. The van der Waals surface area contributed by atoms with Crippen LogP contribution in [0.25, 0.3) is 0 Å². The standard InChI is InChI=1S/C26H28N4O2.HI/c1-27-26(29-17-21-15-25(31)30-24-10-6-5-9-23(21)24)28-16-19-11-13-20(14-12-19)18-32-22-7-3-2-4-8-22;/h2-14,21H,15-18H2,1H3,(H,30,31)(H2,27,28,29);1H. The molecule has 1 atom stereocenters. The van der Waals surface area contributed by atoms with Gasteiger partial charge in [-0.15, -0.1) is 24.0 Å². The minimum atomic E-state index is 0. The average molecular weight is 556 g/mol. The number of hydrogen-bond acceptors (Lipinski definition) is 3. The molecular weight excluding hydrogens is 527 g/mol. The number of carbonyl (C=O) groups excluding carboxylic acids is 1. The topological polar surface area (TPSA) is 74.8 Å². The molecule has 172 valence electrons. The third-order valence-corrected chi connectivity index (χ3v) is 5.48. The lowest BCUT2D eigenvalue weighted by molar-refractivity contribution is -0.116. The summed E-state index contributed by atoms with van der Waals surface area (Å²) in [5.41, 5.74) is 4.33. The second-order valence-corrected chi connectivity index (χ2v) is 7.76. The fourth-order valence-corrected chi connectivity index (χ4v) is 3.75. The minimum Gasteiger partial charge on any atom is -0.489 e. The van der Waals surface area contributed by atoms with Crippen molar-refractivity contribution >= 4 is 41.5 Å². The van der Waals surface area contributed by atoms with Gasteiger partial charge in [0.1, 0.15) is 12.4 Å². The van der Waals surface area contributed by atoms with Crippen LogP contribution in [0.15, 0.2) is 83.9 Å². The summed E-state index contributed by atoms with van der Waals surface area (Å²) in [6.45, 7) is 1.83. The van der Waals surface area contributed by atoms with Crippen molar-refractivity contribution in [3.63, 3.8) is 0 Å². The predicted molar refractivity (Wildman–Crippen MR) is 143 cm³/mol. The van der Waals surface area contributed by atoms with Gasteiger partial charge >= 0.3 is 0 Å². The summed E-state index contributed by atoms with van der Waals surface area (Å²) in [7, 11) is 1.75. The van der Waals surface area contributed by atoms with Crippen molar-refractivity contribution in [1.29, 1.82) is 0 Å². The number of anilines is 1. The third kappa shape index (κ3) is 6.95. The molecule has 0 saturated carbocycles. The highest BCUT2D eigenvalue weighted by atomic mass is 127. The molecule has 1 aliphatic rings. The molecule has 3 aromatic carbocycles. The Morgan fingerprint density at radius 3 is 2.42 bits per heavy atom. The number of para-hydroxylation sites is 2. The van der Waals surface area contributed by atoms with Gasteiger partial charge in [-0.05, 0) is 34.9 Å². The first-order valence-electron chi connectivity index (χ1n) is 10.8. The maximum absolute atomic E-state index is 12.0. The third-order valence-electron chi connectivity index (χ3n) is 5.48. The largest absolute Gasteiger partial charge is 0.489 e. The van der Waals surface area contributed by atoms with Gasteiger partial charge in [0.2, 0.25) is 5.91 Å². The minimum absolute atomic E-state index is 0. The van der Waals surface area contributed by atoms with Crippen molar-refractivity contribution in [2.45, 2.75) is 25.5 Å². The lowest BCUT2D eigenvalue weighted by Crippen LogP contribution is -2.40. The molecule has 3 aromatic rings. The molecule has 0 radical (unpaired) electrons. The zero-order chi connectivity index (χ0) is 22.2. The van der Waals surface area contributed by atoms with Crippen molar-refractivity contribution in [3.8, 4) is 5.75 Å². The number of halogens is 1. The first kappa shape index (κ1) is 24.6. The average Bonchev–Trinajstić information content (AvgIpc) is 2.84. The summed E-state index contributed by atoms with van der Waals surface area (Å²) < 4.78 is 5.80. The fourth-order valence-electron chi connectivity index (χ4n) is 3.75. The Labute approximate surface area is 211 Å². The monoisotopic (exact) mass is 556 g/mol. The number of carbonyl (C=O) groups is 1. The second kappa shape index (κ2) is 12.2. The molecule has 6 nitrogen and oxygen atoms in total. The van der Waals surface area contributed by atoms with E-state index in [1.54, 1.807) is 7.05 Å². The van der Waals surface area contributed by atoms with Crippen LogP contribution in [0.4, 0.5) is 5.69 Å². The Kier molecular flexibility index (Phi) is 9.12. The smallest absolute Gasteiger partial charge is 0.225 e. The van der Waals surface area contributed by atoms with E-state index in [1.165, 1.54) is 0 Å². The molecule has 3 N–H and O–H groups in total. The van der Waals surface area contributed by atoms with Crippen molar-refractivity contribution in [2.24, 2.45) is 4.99 Å². The van der Waals surface area contributed by atoms with E-state index in [0.29, 0.717) is 32.1 Å². The number of fused-ring (bicyclic) bond motifs is 1. The molecular formula is C26H29IN4O2.